The van der Waals surface area contributed by atoms with Crippen LogP contribution in [-0.4, -0.2) is 44.1 Å². The van der Waals surface area contributed by atoms with Gasteiger partial charge in [-0.05, 0) is 43.5 Å². The van der Waals surface area contributed by atoms with E-state index in [1.165, 1.54) is 11.8 Å². The Morgan fingerprint density at radius 1 is 1.20 bits per heavy atom. The van der Waals surface area contributed by atoms with Crippen LogP contribution in [0.4, 0.5) is 0 Å². The Bertz CT molecular complexity index is 704. The molecule has 0 aromatic heterocycles. The molecule has 7 nitrogen and oxygen atoms in total. The molecule has 1 saturated heterocycles. The molecule has 0 aliphatic carbocycles. The molecular weight excluding hydrogens is 364 g/mol. The summed E-state index contributed by atoms with van der Waals surface area (Å²) in [6, 6.07) is 7.40. The molecule has 0 radical (unpaired) electrons. The van der Waals surface area contributed by atoms with E-state index in [0.717, 1.165) is 10.6 Å². The van der Waals surface area contributed by atoms with E-state index in [-0.39, 0.29) is 41.4 Å². The number of rotatable bonds is 7. The molecule has 0 bridgehead atoms. The van der Waals surface area contributed by atoms with Crippen molar-refractivity contribution in [1.29, 1.82) is 0 Å². The molecule has 1 aromatic rings. The molecule has 0 unspecified atom stereocenters. The Balaban J connectivity index is 1.65. The Hall–Kier alpha value is -1.74. The molecule has 2 rings (SSSR count). The van der Waals surface area contributed by atoms with Gasteiger partial charge in [-0.3, -0.25) is 20.4 Å². The summed E-state index contributed by atoms with van der Waals surface area (Å²) in [5.74, 6) is 0.245. The highest BCUT2D eigenvalue weighted by atomic mass is 32.2. The summed E-state index contributed by atoms with van der Waals surface area (Å²) in [4.78, 5) is 24.4. The van der Waals surface area contributed by atoms with Crippen LogP contribution in [0, 0.1) is 5.92 Å². The summed E-state index contributed by atoms with van der Waals surface area (Å²) in [6.07, 6.45) is 0.600. The second-order valence-corrected chi connectivity index (χ2v) is 9.04. The number of carbonyl (C=O) groups excluding carboxylic acids is 2. The molecule has 1 aliphatic heterocycles. The molecule has 2 amide bonds. The van der Waals surface area contributed by atoms with Gasteiger partial charge < -0.3 is 4.74 Å². The van der Waals surface area contributed by atoms with Crippen LogP contribution in [-0.2, 0) is 19.4 Å². The van der Waals surface area contributed by atoms with Crippen LogP contribution in [0.2, 0.25) is 0 Å². The SMILES string of the molecule is CCOc1ccc(SCC(=O)NNC(=O)C[C@H]2CCS(=O)(=O)C2)cc1. The highest BCUT2D eigenvalue weighted by Gasteiger charge is 2.29. The zero-order valence-electron chi connectivity index (χ0n) is 14.0. The first kappa shape index (κ1) is 19.6. The molecule has 1 atom stereocenters. The summed E-state index contributed by atoms with van der Waals surface area (Å²) in [6.45, 7) is 2.51. The number of amides is 2. The van der Waals surface area contributed by atoms with Gasteiger partial charge in [0.2, 0.25) is 11.8 Å². The molecule has 0 spiro atoms. The van der Waals surface area contributed by atoms with Gasteiger partial charge >= 0.3 is 0 Å². The van der Waals surface area contributed by atoms with E-state index in [1.54, 1.807) is 0 Å². The van der Waals surface area contributed by atoms with Gasteiger partial charge in [-0.1, -0.05) is 0 Å². The molecule has 25 heavy (non-hydrogen) atoms. The maximum absolute atomic E-state index is 11.8. The number of nitrogens with one attached hydrogen (secondary N) is 2. The van der Waals surface area contributed by atoms with Crippen molar-refractivity contribution >= 4 is 33.4 Å². The summed E-state index contributed by atoms with van der Waals surface area (Å²) in [5.41, 5.74) is 4.68. The molecule has 1 aromatic carbocycles. The normalized spacial score (nSPS) is 18.5. The van der Waals surface area contributed by atoms with Crippen molar-refractivity contribution in [3.8, 4) is 5.75 Å². The van der Waals surface area contributed by atoms with E-state index < -0.39 is 9.84 Å². The number of sulfone groups is 1. The summed E-state index contributed by atoms with van der Waals surface area (Å²) in [5, 5.41) is 0. The molecule has 1 heterocycles. The van der Waals surface area contributed by atoms with Crippen LogP contribution in [0.5, 0.6) is 5.75 Å². The van der Waals surface area contributed by atoms with Crippen molar-refractivity contribution in [2.45, 2.75) is 24.7 Å². The van der Waals surface area contributed by atoms with Crippen LogP contribution in [0.25, 0.3) is 0 Å². The minimum atomic E-state index is -3.00. The molecular formula is C16H22N2O5S2. The van der Waals surface area contributed by atoms with E-state index in [4.69, 9.17) is 4.74 Å². The number of carbonyl (C=O) groups is 2. The highest BCUT2D eigenvalue weighted by Crippen LogP contribution is 2.22. The first-order valence-electron chi connectivity index (χ1n) is 8.01. The van der Waals surface area contributed by atoms with E-state index >= 15 is 0 Å². The zero-order valence-corrected chi connectivity index (χ0v) is 15.6. The Morgan fingerprint density at radius 3 is 2.48 bits per heavy atom. The molecule has 1 fully saturated rings. The lowest BCUT2D eigenvalue weighted by Gasteiger charge is -2.10. The van der Waals surface area contributed by atoms with Crippen molar-refractivity contribution < 1.29 is 22.7 Å². The molecule has 9 heteroatoms. The second-order valence-electron chi connectivity index (χ2n) is 5.76. The number of thioether (sulfide) groups is 1. The first-order chi connectivity index (χ1) is 11.9. The lowest BCUT2D eigenvalue weighted by Crippen LogP contribution is -2.43. The maximum atomic E-state index is 11.8. The van der Waals surface area contributed by atoms with Gasteiger partial charge in [0.15, 0.2) is 9.84 Å². The predicted molar refractivity (Wildman–Crippen MR) is 96.0 cm³/mol. The Labute approximate surface area is 151 Å². The zero-order chi connectivity index (χ0) is 18.3. The average Bonchev–Trinajstić information content (AvgIpc) is 2.91. The standard InChI is InChI=1S/C16H22N2O5S2/c1-2-23-13-3-5-14(6-4-13)24-10-16(20)18-17-15(19)9-12-7-8-25(21,22)11-12/h3-6,12H,2,7-11H2,1H3,(H,17,19)(H,18,20)/t12-/m1/s1. The molecule has 1 aliphatic rings. The predicted octanol–water partition coefficient (Wildman–Crippen LogP) is 1.15. The van der Waals surface area contributed by atoms with Gasteiger partial charge in [-0.15, -0.1) is 11.8 Å². The van der Waals surface area contributed by atoms with E-state index in [2.05, 4.69) is 10.9 Å². The first-order valence-corrected chi connectivity index (χ1v) is 10.8. The van der Waals surface area contributed by atoms with Gasteiger partial charge in [0.05, 0.1) is 23.9 Å². The van der Waals surface area contributed by atoms with Crippen molar-refractivity contribution in [2.75, 3.05) is 23.9 Å². The third kappa shape index (κ3) is 6.95. The highest BCUT2D eigenvalue weighted by molar-refractivity contribution is 8.00. The smallest absolute Gasteiger partial charge is 0.248 e. The monoisotopic (exact) mass is 386 g/mol. The van der Waals surface area contributed by atoms with Gasteiger partial charge in [0, 0.05) is 11.3 Å². The van der Waals surface area contributed by atoms with Gasteiger partial charge in [0.1, 0.15) is 5.75 Å². The number of hydrogen-bond donors (Lipinski definition) is 2. The van der Waals surface area contributed by atoms with E-state index in [9.17, 15) is 18.0 Å². The number of ether oxygens (including phenoxy) is 1. The topological polar surface area (TPSA) is 102 Å². The van der Waals surface area contributed by atoms with Crippen molar-refractivity contribution in [3.05, 3.63) is 24.3 Å². The summed E-state index contributed by atoms with van der Waals surface area (Å²) < 4.78 is 28.1. The fourth-order valence-electron chi connectivity index (χ4n) is 2.47. The minimum Gasteiger partial charge on any atom is -0.494 e. The summed E-state index contributed by atoms with van der Waals surface area (Å²) in [7, 11) is -3.00. The van der Waals surface area contributed by atoms with E-state index in [0.29, 0.717) is 13.0 Å². The van der Waals surface area contributed by atoms with Crippen LogP contribution < -0.4 is 15.6 Å². The van der Waals surface area contributed by atoms with Crippen LogP contribution in [0.15, 0.2) is 29.2 Å². The second kappa shape index (κ2) is 9.10. The van der Waals surface area contributed by atoms with Crippen molar-refractivity contribution in [3.63, 3.8) is 0 Å². The molecule has 138 valence electrons. The average molecular weight is 386 g/mol. The third-order valence-electron chi connectivity index (χ3n) is 3.65. The Morgan fingerprint density at radius 2 is 1.88 bits per heavy atom. The van der Waals surface area contributed by atoms with E-state index in [1.807, 2.05) is 31.2 Å². The Kier molecular flexibility index (Phi) is 7.12. The number of benzene rings is 1. The fraction of sp³-hybridized carbons (Fsp3) is 0.500. The fourth-order valence-corrected chi connectivity index (χ4v) is 5.03. The largest absolute Gasteiger partial charge is 0.494 e. The van der Waals surface area contributed by atoms with Crippen LogP contribution in [0.3, 0.4) is 0 Å². The molecule has 2 N–H and O–H groups in total. The van der Waals surface area contributed by atoms with Gasteiger partial charge in [-0.2, -0.15) is 0 Å². The third-order valence-corrected chi connectivity index (χ3v) is 6.50. The maximum Gasteiger partial charge on any atom is 0.248 e. The lowest BCUT2D eigenvalue weighted by molar-refractivity contribution is -0.128. The lowest BCUT2D eigenvalue weighted by atomic mass is 10.1. The van der Waals surface area contributed by atoms with Crippen LogP contribution >= 0.6 is 11.8 Å². The van der Waals surface area contributed by atoms with Crippen LogP contribution in [0.1, 0.15) is 19.8 Å². The minimum absolute atomic E-state index is 0.0436. The van der Waals surface area contributed by atoms with Crippen molar-refractivity contribution in [2.24, 2.45) is 5.92 Å². The van der Waals surface area contributed by atoms with Gasteiger partial charge in [0.25, 0.3) is 0 Å². The van der Waals surface area contributed by atoms with Gasteiger partial charge in [-0.25, -0.2) is 8.42 Å². The number of hydrazine groups is 1. The summed E-state index contributed by atoms with van der Waals surface area (Å²) >= 11 is 1.34. The number of hydrogen-bond acceptors (Lipinski definition) is 6. The molecule has 0 saturated carbocycles. The quantitative estimate of drug-likeness (QED) is 0.538. The van der Waals surface area contributed by atoms with Crippen molar-refractivity contribution in [1.82, 2.24) is 10.9 Å².